The van der Waals surface area contributed by atoms with Crippen LogP contribution >= 0.6 is 0 Å². The third kappa shape index (κ3) is 3.08. The van der Waals surface area contributed by atoms with Gasteiger partial charge in [-0.25, -0.2) is 8.42 Å². The van der Waals surface area contributed by atoms with Crippen LogP contribution in [0.25, 0.3) is 0 Å². The summed E-state index contributed by atoms with van der Waals surface area (Å²) >= 11 is 0. The van der Waals surface area contributed by atoms with Gasteiger partial charge in [0.05, 0.1) is 19.1 Å². The lowest BCUT2D eigenvalue weighted by atomic mass is 10.1. The molecular formula is C16H19NO4S. The van der Waals surface area contributed by atoms with Gasteiger partial charge < -0.3 is 15.2 Å². The Hall–Kier alpha value is -2.05. The molecule has 22 heavy (non-hydrogen) atoms. The Balaban J connectivity index is 2.57. The molecule has 0 heterocycles. The Kier molecular flexibility index (Phi) is 5.05. The van der Waals surface area contributed by atoms with Crippen LogP contribution in [0.4, 0.5) is 0 Å². The first kappa shape index (κ1) is 16.3. The van der Waals surface area contributed by atoms with Crippen LogP contribution in [0.5, 0.6) is 11.5 Å². The molecule has 0 aliphatic carbocycles. The van der Waals surface area contributed by atoms with Gasteiger partial charge in [0.15, 0.2) is 9.84 Å². The topological polar surface area (TPSA) is 78.6 Å². The SMILES string of the molecule is COc1ccc(OC)c([C@H](CN)S(=O)(=O)c2ccccc2)c1. The third-order valence-corrected chi connectivity index (χ3v) is 5.57. The minimum atomic E-state index is -3.62. The van der Waals surface area contributed by atoms with Crippen LogP contribution in [0.3, 0.4) is 0 Å². The first-order valence-corrected chi connectivity index (χ1v) is 8.30. The van der Waals surface area contributed by atoms with Crippen LogP contribution in [0.1, 0.15) is 10.8 Å². The Morgan fingerprint density at radius 3 is 2.27 bits per heavy atom. The molecule has 118 valence electrons. The molecule has 0 amide bonds. The fourth-order valence-electron chi connectivity index (χ4n) is 2.29. The molecule has 0 radical (unpaired) electrons. The maximum Gasteiger partial charge on any atom is 0.186 e. The summed E-state index contributed by atoms with van der Waals surface area (Å²) in [5.41, 5.74) is 6.26. The lowest BCUT2D eigenvalue weighted by Gasteiger charge is -2.19. The van der Waals surface area contributed by atoms with Crippen molar-refractivity contribution in [2.24, 2.45) is 5.73 Å². The molecule has 0 spiro atoms. The molecule has 0 aromatic heterocycles. The number of hydrogen-bond acceptors (Lipinski definition) is 5. The quantitative estimate of drug-likeness (QED) is 0.882. The van der Waals surface area contributed by atoms with Crippen LogP contribution in [0, 0.1) is 0 Å². The van der Waals surface area contributed by atoms with E-state index in [0.717, 1.165) is 0 Å². The summed E-state index contributed by atoms with van der Waals surface area (Å²) in [4.78, 5) is 0.232. The molecule has 0 unspecified atom stereocenters. The highest BCUT2D eigenvalue weighted by atomic mass is 32.2. The van der Waals surface area contributed by atoms with Gasteiger partial charge in [0.25, 0.3) is 0 Å². The zero-order valence-electron chi connectivity index (χ0n) is 12.5. The third-order valence-electron chi connectivity index (χ3n) is 3.44. The van der Waals surface area contributed by atoms with E-state index in [9.17, 15) is 8.42 Å². The van der Waals surface area contributed by atoms with Gasteiger partial charge in [-0.2, -0.15) is 0 Å². The molecular weight excluding hydrogens is 302 g/mol. The predicted molar refractivity (Wildman–Crippen MR) is 85.0 cm³/mol. The maximum absolute atomic E-state index is 12.9. The van der Waals surface area contributed by atoms with E-state index in [1.807, 2.05) is 0 Å². The predicted octanol–water partition coefficient (Wildman–Crippen LogP) is 2.18. The molecule has 0 saturated heterocycles. The highest BCUT2D eigenvalue weighted by Gasteiger charge is 2.30. The Bertz CT molecular complexity index is 729. The molecule has 5 nitrogen and oxygen atoms in total. The summed E-state index contributed by atoms with van der Waals surface area (Å²) in [6, 6.07) is 13.3. The first-order valence-electron chi connectivity index (χ1n) is 6.75. The second-order valence-electron chi connectivity index (χ2n) is 4.69. The van der Waals surface area contributed by atoms with Gasteiger partial charge in [-0.3, -0.25) is 0 Å². The van der Waals surface area contributed by atoms with Crippen molar-refractivity contribution in [3.8, 4) is 11.5 Å². The van der Waals surface area contributed by atoms with E-state index in [0.29, 0.717) is 17.1 Å². The number of hydrogen-bond donors (Lipinski definition) is 1. The van der Waals surface area contributed by atoms with Crippen molar-refractivity contribution in [1.29, 1.82) is 0 Å². The van der Waals surface area contributed by atoms with Gasteiger partial charge in [-0.05, 0) is 30.3 Å². The fourth-order valence-corrected chi connectivity index (χ4v) is 3.92. The van der Waals surface area contributed by atoms with Crippen LogP contribution < -0.4 is 15.2 Å². The minimum absolute atomic E-state index is 0.0548. The largest absolute Gasteiger partial charge is 0.497 e. The molecule has 0 saturated carbocycles. The van der Waals surface area contributed by atoms with Crippen molar-refractivity contribution in [2.75, 3.05) is 20.8 Å². The summed E-state index contributed by atoms with van der Waals surface area (Å²) < 4.78 is 36.2. The van der Waals surface area contributed by atoms with E-state index in [4.69, 9.17) is 15.2 Å². The molecule has 0 aliphatic rings. The summed E-state index contributed by atoms with van der Waals surface area (Å²) in [6.45, 7) is -0.0548. The fraction of sp³-hybridized carbons (Fsp3) is 0.250. The molecule has 2 rings (SSSR count). The lowest BCUT2D eigenvalue weighted by Crippen LogP contribution is -2.23. The van der Waals surface area contributed by atoms with Gasteiger partial charge >= 0.3 is 0 Å². The van der Waals surface area contributed by atoms with Crippen LogP contribution in [0.15, 0.2) is 53.4 Å². The van der Waals surface area contributed by atoms with Crippen molar-refractivity contribution in [2.45, 2.75) is 10.1 Å². The average molecular weight is 321 g/mol. The van der Waals surface area contributed by atoms with E-state index in [1.165, 1.54) is 14.2 Å². The van der Waals surface area contributed by atoms with Gasteiger partial charge in [0.1, 0.15) is 16.7 Å². The Labute approximate surface area is 130 Å². The van der Waals surface area contributed by atoms with Crippen molar-refractivity contribution < 1.29 is 17.9 Å². The second kappa shape index (κ2) is 6.81. The number of benzene rings is 2. The normalized spacial score (nSPS) is 12.7. The Morgan fingerprint density at radius 2 is 1.73 bits per heavy atom. The van der Waals surface area contributed by atoms with Crippen molar-refractivity contribution in [3.63, 3.8) is 0 Å². The van der Waals surface area contributed by atoms with Crippen molar-refractivity contribution in [1.82, 2.24) is 0 Å². The number of rotatable bonds is 6. The summed E-state index contributed by atoms with van der Waals surface area (Å²) in [5, 5.41) is -0.903. The van der Waals surface area contributed by atoms with Crippen molar-refractivity contribution >= 4 is 9.84 Å². The van der Waals surface area contributed by atoms with E-state index in [2.05, 4.69) is 0 Å². The standard InChI is InChI=1S/C16H19NO4S/c1-20-12-8-9-15(21-2)14(10-12)16(11-17)22(18,19)13-6-4-3-5-7-13/h3-10,16H,11,17H2,1-2H3/t16-/m0/s1. The first-order chi connectivity index (χ1) is 10.5. The molecule has 0 fully saturated rings. The summed E-state index contributed by atoms with van der Waals surface area (Å²) in [7, 11) is -0.606. The Morgan fingerprint density at radius 1 is 1.05 bits per heavy atom. The van der Waals surface area contributed by atoms with Crippen LogP contribution in [0.2, 0.25) is 0 Å². The minimum Gasteiger partial charge on any atom is -0.497 e. The number of methoxy groups -OCH3 is 2. The molecule has 2 aromatic carbocycles. The average Bonchev–Trinajstić information content (AvgIpc) is 2.56. The van der Waals surface area contributed by atoms with Gasteiger partial charge in [0, 0.05) is 12.1 Å². The van der Waals surface area contributed by atoms with E-state index in [1.54, 1.807) is 48.5 Å². The van der Waals surface area contributed by atoms with Crippen molar-refractivity contribution in [3.05, 3.63) is 54.1 Å². The van der Waals surface area contributed by atoms with Gasteiger partial charge in [0.2, 0.25) is 0 Å². The molecule has 6 heteroatoms. The molecule has 2 aromatic rings. The summed E-state index contributed by atoms with van der Waals surface area (Å²) in [5.74, 6) is 1.02. The number of sulfone groups is 1. The monoisotopic (exact) mass is 321 g/mol. The highest BCUT2D eigenvalue weighted by molar-refractivity contribution is 7.91. The molecule has 0 bridgehead atoms. The van der Waals surface area contributed by atoms with E-state index >= 15 is 0 Å². The van der Waals surface area contributed by atoms with Crippen LogP contribution in [-0.4, -0.2) is 29.2 Å². The zero-order chi connectivity index (χ0) is 16.2. The molecule has 0 aliphatic heterocycles. The maximum atomic E-state index is 12.9. The van der Waals surface area contributed by atoms with Gasteiger partial charge in [-0.15, -0.1) is 0 Å². The van der Waals surface area contributed by atoms with E-state index < -0.39 is 15.1 Å². The lowest BCUT2D eigenvalue weighted by molar-refractivity contribution is 0.398. The molecule has 1 atom stereocenters. The highest BCUT2D eigenvalue weighted by Crippen LogP contribution is 2.36. The molecule has 2 N–H and O–H groups in total. The summed E-state index contributed by atoms with van der Waals surface area (Å²) in [6.07, 6.45) is 0. The van der Waals surface area contributed by atoms with Crippen LogP contribution in [-0.2, 0) is 9.84 Å². The zero-order valence-corrected chi connectivity index (χ0v) is 13.3. The number of ether oxygens (including phenoxy) is 2. The second-order valence-corrected chi connectivity index (χ2v) is 6.82. The van der Waals surface area contributed by atoms with Gasteiger partial charge in [-0.1, -0.05) is 18.2 Å². The number of nitrogens with two attached hydrogens (primary N) is 1. The smallest absolute Gasteiger partial charge is 0.186 e. The van der Waals surface area contributed by atoms with E-state index in [-0.39, 0.29) is 11.4 Å².